The van der Waals surface area contributed by atoms with E-state index in [2.05, 4.69) is 14.8 Å². The Labute approximate surface area is 199 Å². The fraction of sp³-hybridized carbons (Fsp3) is 0.375. The predicted molar refractivity (Wildman–Crippen MR) is 126 cm³/mol. The summed E-state index contributed by atoms with van der Waals surface area (Å²) in [5.74, 6) is -1.28. The highest BCUT2D eigenvalue weighted by Gasteiger charge is 2.25. The van der Waals surface area contributed by atoms with Gasteiger partial charge in [0.25, 0.3) is 10.0 Å². The number of carbonyl (C=O) groups is 1. The number of hydrogen-bond acceptors (Lipinski definition) is 6. The molecular formula is C24H29FN4O4S. The van der Waals surface area contributed by atoms with E-state index in [1.807, 2.05) is 27.7 Å². The molecular weight excluding hydrogens is 459 g/mol. The highest BCUT2D eigenvalue weighted by Crippen LogP contribution is 2.31. The van der Waals surface area contributed by atoms with Crippen molar-refractivity contribution in [2.45, 2.75) is 57.2 Å². The van der Waals surface area contributed by atoms with Crippen molar-refractivity contribution in [3.05, 3.63) is 65.9 Å². The molecule has 2 aromatic heterocycles. The highest BCUT2D eigenvalue weighted by atomic mass is 32.2. The third kappa shape index (κ3) is 6.06. The van der Waals surface area contributed by atoms with Crippen molar-refractivity contribution in [3.8, 4) is 11.1 Å². The van der Waals surface area contributed by atoms with Crippen molar-refractivity contribution in [1.82, 2.24) is 19.5 Å². The number of nitrogens with zero attached hydrogens (tertiary/aromatic N) is 3. The number of ether oxygens (including phenoxy) is 1. The monoisotopic (exact) mass is 488 g/mol. The number of hydrogen-bond donors (Lipinski definition) is 1. The lowest BCUT2D eigenvalue weighted by Gasteiger charge is -2.22. The molecule has 0 spiro atoms. The van der Waals surface area contributed by atoms with E-state index >= 15 is 0 Å². The molecule has 1 amide bonds. The van der Waals surface area contributed by atoms with Gasteiger partial charge in [-0.15, -0.1) is 0 Å². The SMILES string of the molecule is COC(C)(C)Cn1ccc(S(=O)(=O)NC(=O)Cc2c(-c3cccnc3)cc(F)cc2C(C)C)n1. The maximum Gasteiger partial charge on any atom is 0.283 e. The van der Waals surface area contributed by atoms with E-state index in [1.165, 1.54) is 29.1 Å². The van der Waals surface area contributed by atoms with E-state index in [0.29, 0.717) is 28.8 Å². The van der Waals surface area contributed by atoms with Gasteiger partial charge < -0.3 is 4.74 Å². The van der Waals surface area contributed by atoms with Crippen LogP contribution in [0.25, 0.3) is 11.1 Å². The topological polar surface area (TPSA) is 103 Å². The minimum absolute atomic E-state index is 0.0923. The average molecular weight is 489 g/mol. The Balaban J connectivity index is 1.88. The first-order valence-corrected chi connectivity index (χ1v) is 12.3. The zero-order valence-electron chi connectivity index (χ0n) is 19.9. The Morgan fingerprint density at radius 1 is 1.26 bits per heavy atom. The second-order valence-corrected chi connectivity index (χ2v) is 10.6. The van der Waals surface area contributed by atoms with Gasteiger partial charge in [0.2, 0.25) is 5.91 Å². The average Bonchev–Trinajstić information content (AvgIpc) is 3.23. The molecule has 0 aliphatic heterocycles. The molecule has 0 aliphatic carbocycles. The molecule has 1 N–H and O–H groups in total. The van der Waals surface area contributed by atoms with Gasteiger partial charge >= 0.3 is 0 Å². The van der Waals surface area contributed by atoms with Gasteiger partial charge in [-0.1, -0.05) is 19.9 Å². The van der Waals surface area contributed by atoms with Gasteiger partial charge in [0.1, 0.15) is 5.82 Å². The number of carbonyl (C=O) groups excluding carboxylic acids is 1. The normalized spacial score (nSPS) is 12.2. The van der Waals surface area contributed by atoms with Crippen molar-refractivity contribution >= 4 is 15.9 Å². The molecule has 8 nitrogen and oxygen atoms in total. The zero-order valence-corrected chi connectivity index (χ0v) is 20.7. The lowest BCUT2D eigenvalue weighted by atomic mass is 9.88. The lowest BCUT2D eigenvalue weighted by molar-refractivity contribution is -0.118. The molecule has 0 radical (unpaired) electrons. The minimum atomic E-state index is -4.20. The van der Waals surface area contributed by atoms with Crippen LogP contribution in [-0.2, 0) is 32.5 Å². The second kappa shape index (κ2) is 10.0. The number of rotatable bonds is 9. The minimum Gasteiger partial charge on any atom is -0.377 e. The van der Waals surface area contributed by atoms with Crippen LogP contribution >= 0.6 is 0 Å². The Hall–Kier alpha value is -3.11. The number of methoxy groups -OCH3 is 1. The quantitative estimate of drug-likeness (QED) is 0.493. The standard InChI is InChI=1S/C24H29FN4O4S/c1-16(2)19-11-18(25)12-20(17-7-6-9-26-14-17)21(19)13-22(30)28-34(31,32)23-8-10-29(27-23)15-24(3,4)33-5/h6-12,14,16H,13,15H2,1-5H3,(H,28,30). The maximum absolute atomic E-state index is 14.4. The largest absolute Gasteiger partial charge is 0.377 e. The molecule has 0 saturated carbocycles. The van der Waals surface area contributed by atoms with E-state index in [4.69, 9.17) is 4.74 Å². The molecule has 182 valence electrons. The van der Waals surface area contributed by atoms with Gasteiger partial charge in [-0.05, 0) is 60.7 Å². The summed E-state index contributed by atoms with van der Waals surface area (Å²) in [5.41, 5.74) is 1.75. The number of sulfonamides is 1. The first kappa shape index (κ1) is 25.5. The summed E-state index contributed by atoms with van der Waals surface area (Å²) in [7, 11) is -2.64. The third-order valence-electron chi connectivity index (χ3n) is 5.42. The summed E-state index contributed by atoms with van der Waals surface area (Å²) in [5, 5.41) is 3.80. The van der Waals surface area contributed by atoms with E-state index in [0.717, 1.165) is 0 Å². The third-order valence-corrected chi connectivity index (χ3v) is 6.68. The molecule has 0 bridgehead atoms. The number of pyridine rings is 1. The van der Waals surface area contributed by atoms with Crippen LogP contribution in [-0.4, -0.2) is 41.8 Å². The van der Waals surface area contributed by atoms with Crippen LogP contribution < -0.4 is 4.72 Å². The number of aromatic nitrogens is 3. The van der Waals surface area contributed by atoms with Crippen molar-refractivity contribution in [2.24, 2.45) is 0 Å². The fourth-order valence-electron chi connectivity index (χ4n) is 3.58. The van der Waals surface area contributed by atoms with E-state index in [1.54, 1.807) is 31.6 Å². The Kier molecular flexibility index (Phi) is 7.52. The van der Waals surface area contributed by atoms with Gasteiger partial charge in [-0.2, -0.15) is 13.5 Å². The maximum atomic E-state index is 14.4. The van der Waals surface area contributed by atoms with Crippen molar-refractivity contribution in [1.29, 1.82) is 0 Å². The van der Waals surface area contributed by atoms with Gasteiger partial charge in [-0.25, -0.2) is 9.11 Å². The van der Waals surface area contributed by atoms with Crippen LogP contribution in [0.1, 0.15) is 44.7 Å². The van der Waals surface area contributed by atoms with E-state index in [9.17, 15) is 17.6 Å². The molecule has 10 heteroatoms. The molecule has 2 heterocycles. The van der Waals surface area contributed by atoms with Crippen LogP contribution in [0.2, 0.25) is 0 Å². The smallest absolute Gasteiger partial charge is 0.283 e. The molecule has 1 aromatic carbocycles. The Morgan fingerprint density at radius 3 is 2.62 bits per heavy atom. The number of amides is 1. The Bertz CT molecular complexity index is 1270. The van der Waals surface area contributed by atoms with Crippen LogP contribution in [0.15, 0.2) is 53.9 Å². The van der Waals surface area contributed by atoms with Crippen LogP contribution in [0.4, 0.5) is 4.39 Å². The van der Waals surface area contributed by atoms with Gasteiger partial charge in [0, 0.05) is 31.3 Å². The van der Waals surface area contributed by atoms with Crippen LogP contribution in [0.5, 0.6) is 0 Å². The van der Waals surface area contributed by atoms with Crippen molar-refractivity contribution in [3.63, 3.8) is 0 Å². The zero-order chi connectivity index (χ0) is 25.1. The first-order valence-electron chi connectivity index (χ1n) is 10.8. The molecule has 0 atom stereocenters. The Morgan fingerprint density at radius 2 is 2.00 bits per heavy atom. The van der Waals surface area contributed by atoms with Crippen LogP contribution in [0.3, 0.4) is 0 Å². The summed E-state index contributed by atoms with van der Waals surface area (Å²) in [6, 6.07) is 7.50. The molecule has 0 fully saturated rings. The van der Waals surface area contributed by atoms with E-state index in [-0.39, 0.29) is 17.4 Å². The van der Waals surface area contributed by atoms with E-state index < -0.39 is 27.3 Å². The summed E-state index contributed by atoms with van der Waals surface area (Å²) < 4.78 is 48.9. The van der Waals surface area contributed by atoms with Crippen LogP contribution in [0, 0.1) is 5.82 Å². The second-order valence-electron chi connectivity index (χ2n) is 8.94. The van der Waals surface area contributed by atoms with Gasteiger partial charge in [0.15, 0.2) is 5.03 Å². The van der Waals surface area contributed by atoms with Gasteiger partial charge in [-0.3, -0.25) is 14.5 Å². The van der Waals surface area contributed by atoms with Gasteiger partial charge in [0.05, 0.1) is 18.6 Å². The molecule has 34 heavy (non-hydrogen) atoms. The molecule has 0 aliphatic rings. The van der Waals surface area contributed by atoms with Crippen molar-refractivity contribution in [2.75, 3.05) is 7.11 Å². The predicted octanol–water partition coefficient (Wildman–Crippen LogP) is 3.68. The molecule has 0 unspecified atom stereocenters. The van der Waals surface area contributed by atoms with Crippen molar-refractivity contribution < 1.29 is 22.3 Å². The number of nitrogens with one attached hydrogen (secondary N) is 1. The highest BCUT2D eigenvalue weighted by molar-refractivity contribution is 7.90. The first-order chi connectivity index (χ1) is 15.9. The summed E-state index contributed by atoms with van der Waals surface area (Å²) in [6.45, 7) is 7.79. The number of benzene rings is 1. The lowest BCUT2D eigenvalue weighted by Crippen LogP contribution is -2.33. The summed E-state index contributed by atoms with van der Waals surface area (Å²) >= 11 is 0. The molecule has 3 rings (SSSR count). The summed E-state index contributed by atoms with van der Waals surface area (Å²) in [4.78, 5) is 17.0. The number of halogens is 1. The summed E-state index contributed by atoms with van der Waals surface area (Å²) in [6.07, 6.45) is 4.43. The molecule has 3 aromatic rings. The molecule has 0 saturated heterocycles. The fourth-order valence-corrected chi connectivity index (χ4v) is 4.51.